The Morgan fingerprint density at radius 2 is 2.06 bits per heavy atom. The van der Waals surface area contributed by atoms with E-state index in [2.05, 4.69) is 5.32 Å². The second kappa shape index (κ2) is 3.68. The van der Waals surface area contributed by atoms with E-state index in [4.69, 9.17) is 4.74 Å². The average Bonchev–Trinajstić information content (AvgIpc) is 2.55. The number of hydrogen-bond acceptors (Lipinski definition) is 4. The summed E-state index contributed by atoms with van der Waals surface area (Å²) in [4.78, 5) is 0. The minimum Gasteiger partial charge on any atom is -0.354 e. The van der Waals surface area contributed by atoms with E-state index in [1.807, 2.05) is 20.8 Å². The van der Waals surface area contributed by atoms with Crippen LogP contribution in [0, 0.1) is 0 Å². The van der Waals surface area contributed by atoms with Crippen LogP contribution in [-0.4, -0.2) is 37.3 Å². The standard InChI is InChI=1S/C11H21NO3S/c1-10(2)8-12-11(3,15-10)7-9-5-4-6-16(9,13)14/h9,12H,4-8H2,1-3H3. The largest absolute Gasteiger partial charge is 0.354 e. The maximum absolute atomic E-state index is 11.8. The molecule has 94 valence electrons. The van der Waals surface area contributed by atoms with E-state index in [0.717, 1.165) is 19.4 Å². The number of hydrogen-bond donors (Lipinski definition) is 1. The molecule has 4 nitrogen and oxygen atoms in total. The van der Waals surface area contributed by atoms with Crippen LogP contribution in [0.2, 0.25) is 0 Å². The van der Waals surface area contributed by atoms with Crippen LogP contribution in [0.1, 0.15) is 40.0 Å². The zero-order chi connectivity index (χ0) is 12.0. The summed E-state index contributed by atoms with van der Waals surface area (Å²) in [5, 5.41) is 3.08. The van der Waals surface area contributed by atoms with Gasteiger partial charge in [-0.25, -0.2) is 8.42 Å². The maximum atomic E-state index is 11.8. The van der Waals surface area contributed by atoms with Gasteiger partial charge in [0.2, 0.25) is 0 Å². The molecule has 16 heavy (non-hydrogen) atoms. The van der Waals surface area contributed by atoms with Gasteiger partial charge in [0.15, 0.2) is 9.84 Å². The number of rotatable bonds is 2. The summed E-state index contributed by atoms with van der Waals surface area (Å²) in [7, 11) is -2.87. The zero-order valence-electron chi connectivity index (χ0n) is 10.2. The van der Waals surface area contributed by atoms with E-state index in [1.54, 1.807) is 0 Å². The summed E-state index contributed by atoms with van der Waals surface area (Å²) < 4.78 is 29.5. The van der Waals surface area contributed by atoms with E-state index < -0.39 is 15.6 Å². The van der Waals surface area contributed by atoms with Crippen molar-refractivity contribution in [2.45, 2.75) is 56.6 Å². The van der Waals surface area contributed by atoms with Gasteiger partial charge in [0.05, 0.1) is 16.6 Å². The first kappa shape index (κ1) is 12.3. The first-order valence-corrected chi connectivity index (χ1v) is 7.61. The van der Waals surface area contributed by atoms with Crippen molar-refractivity contribution in [1.29, 1.82) is 0 Å². The molecule has 0 bridgehead atoms. The first-order valence-electron chi connectivity index (χ1n) is 5.89. The molecule has 2 heterocycles. The smallest absolute Gasteiger partial charge is 0.153 e. The zero-order valence-corrected chi connectivity index (χ0v) is 11.1. The van der Waals surface area contributed by atoms with Crippen molar-refractivity contribution in [3.8, 4) is 0 Å². The summed E-state index contributed by atoms with van der Waals surface area (Å²) in [6.07, 6.45) is 2.15. The molecule has 0 aromatic heterocycles. The first-order chi connectivity index (χ1) is 7.23. The van der Waals surface area contributed by atoms with Crippen molar-refractivity contribution in [3.63, 3.8) is 0 Å². The third-order valence-electron chi connectivity index (χ3n) is 3.47. The normalized spacial score (nSPS) is 41.3. The molecular formula is C11H21NO3S. The summed E-state index contributed by atoms with van der Waals surface area (Å²) in [5.74, 6) is 0.344. The molecular weight excluding hydrogens is 226 g/mol. The molecule has 0 aromatic carbocycles. The summed E-state index contributed by atoms with van der Waals surface area (Å²) in [5.41, 5.74) is -0.678. The lowest BCUT2D eigenvalue weighted by Crippen LogP contribution is -2.42. The van der Waals surface area contributed by atoms with Crippen LogP contribution in [0.25, 0.3) is 0 Å². The Hall–Kier alpha value is -0.130. The number of nitrogens with one attached hydrogen (secondary N) is 1. The Balaban J connectivity index is 2.06. The third-order valence-corrected chi connectivity index (χ3v) is 5.75. The van der Waals surface area contributed by atoms with E-state index in [9.17, 15) is 8.42 Å². The van der Waals surface area contributed by atoms with Gasteiger partial charge in [-0.1, -0.05) is 0 Å². The SMILES string of the molecule is CC1(C)CNC(C)(CC2CCCS2(=O)=O)O1. The van der Waals surface area contributed by atoms with Gasteiger partial charge < -0.3 is 4.74 Å². The van der Waals surface area contributed by atoms with E-state index in [-0.39, 0.29) is 10.9 Å². The highest BCUT2D eigenvalue weighted by Crippen LogP contribution is 2.33. The van der Waals surface area contributed by atoms with Crippen LogP contribution in [0.3, 0.4) is 0 Å². The van der Waals surface area contributed by atoms with Crippen LogP contribution in [0.4, 0.5) is 0 Å². The van der Waals surface area contributed by atoms with Crippen LogP contribution >= 0.6 is 0 Å². The van der Waals surface area contributed by atoms with Gasteiger partial charge in [-0.3, -0.25) is 5.32 Å². The van der Waals surface area contributed by atoms with Gasteiger partial charge in [0.1, 0.15) is 5.72 Å². The lowest BCUT2D eigenvalue weighted by Gasteiger charge is -2.29. The van der Waals surface area contributed by atoms with Gasteiger partial charge in [0.25, 0.3) is 0 Å². The third kappa shape index (κ3) is 2.41. The molecule has 2 atom stereocenters. The Morgan fingerprint density at radius 1 is 1.38 bits per heavy atom. The molecule has 2 aliphatic rings. The molecule has 2 saturated heterocycles. The quantitative estimate of drug-likeness (QED) is 0.793. The van der Waals surface area contributed by atoms with E-state index in [0.29, 0.717) is 12.2 Å². The Labute approximate surface area is 97.7 Å². The lowest BCUT2D eigenvalue weighted by molar-refractivity contribution is -0.0836. The van der Waals surface area contributed by atoms with Gasteiger partial charge in [0, 0.05) is 13.0 Å². The molecule has 2 fully saturated rings. The summed E-state index contributed by atoms with van der Waals surface area (Å²) in [6.45, 7) is 6.77. The van der Waals surface area contributed by atoms with Crippen molar-refractivity contribution in [2.75, 3.05) is 12.3 Å². The molecule has 0 saturated carbocycles. The van der Waals surface area contributed by atoms with Gasteiger partial charge >= 0.3 is 0 Å². The minimum atomic E-state index is -2.87. The Morgan fingerprint density at radius 3 is 2.50 bits per heavy atom. The fourth-order valence-electron chi connectivity index (χ4n) is 2.72. The molecule has 0 spiro atoms. The highest BCUT2D eigenvalue weighted by Gasteiger charge is 2.45. The maximum Gasteiger partial charge on any atom is 0.153 e. The molecule has 0 aliphatic carbocycles. The Bertz CT molecular complexity index is 377. The number of sulfone groups is 1. The summed E-state index contributed by atoms with van der Waals surface area (Å²) in [6, 6.07) is 0. The molecule has 2 rings (SSSR count). The minimum absolute atomic E-state index is 0.197. The monoisotopic (exact) mass is 247 g/mol. The topological polar surface area (TPSA) is 55.4 Å². The second-order valence-electron chi connectivity index (χ2n) is 5.78. The predicted molar refractivity (Wildman–Crippen MR) is 63.0 cm³/mol. The average molecular weight is 247 g/mol. The molecule has 0 aromatic rings. The highest BCUT2D eigenvalue weighted by atomic mass is 32.2. The fraction of sp³-hybridized carbons (Fsp3) is 1.00. The van der Waals surface area contributed by atoms with Gasteiger partial charge in [-0.2, -0.15) is 0 Å². The highest BCUT2D eigenvalue weighted by molar-refractivity contribution is 7.92. The molecule has 0 amide bonds. The van der Waals surface area contributed by atoms with Crippen molar-refractivity contribution < 1.29 is 13.2 Å². The fourth-order valence-corrected chi connectivity index (χ4v) is 4.72. The van der Waals surface area contributed by atoms with Crippen LogP contribution in [0.5, 0.6) is 0 Å². The van der Waals surface area contributed by atoms with Crippen LogP contribution in [0.15, 0.2) is 0 Å². The summed E-state index contributed by atoms with van der Waals surface area (Å²) >= 11 is 0. The van der Waals surface area contributed by atoms with Crippen molar-refractivity contribution in [3.05, 3.63) is 0 Å². The Kier molecular flexibility index (Phi) is 2.84. The molecule has 0 radical (unpaired) electrons. The van der Waals surface area contributed by atoms with Crippen molar-refractivity contribution >= 4 is 9.84 Å². The van der Waals surface area contributed by atoms with E-state index in [1.165, 1.54) is 0 Å². The van der Waals surface area contributed by atoms with Crippen molar-refractivity contribution in [1.82, 2.24) is 5.32 Å². The molecule has 5 heteroatoms. The number of ether oxygens (including phenoxy) is 1. The second-order valence-corrected chi connectivity index (χ2v) is 8.18. The molecule has 2 aliphatic heterocycles. The van der Waals surface area contributed by atoms with Crippen LogP contribution in [-0.2, 0) is 14.6 Å². The van der Waals surface area contributed by atoms with E-state index >= 15 is 0 Å². The molecule has 2 unspecified atom stereocenters. The van der Waals surface area contributed by atoms with Crippen LogP contribution < -0.4 is 5.32 Å². The van der Waals surface area contributed by atoms with Gasteiger partial charge in [-0.05, 0) is 33.6 Å². The predicted octanol–water partition coefficient (Wildman–Crippen LogP) is 1.07. The van der Waals surface area contributed by atoms with Gasteiger partial charge in [-0.15, -0.1) is 0 Å². The van der Waals surface area contributed by atoms with Crippen molar-refractivity contribution in [2.24, 2.45) is 0 Å². The lowest BCUT2D eigenvalue weighted by atomic mass is 10.1. The molecule has 1 N–H and O–H groups in total.